The average molecular weight is 558 g/mol. The van der Waals surface area contributed by atoms with E-state index in [1.165, 1.54) is 6.07 Å². The molecule has 38 heavy (non-hydrogen) atoms. The SMILES string of the molecule is CC1=C(c2cc(Cl)cc(S(C)(=O)=O)c2)[C@@H](c2ccc(OCCN3CC(CF)C3)cc2)Oc2ccc(O)cc21. The lowest BCUT2D eigenvalue weighted by Crippen LogP contribution is -2.49. The molecule has 0 radical (unpaired) electrons. The largest absolute Gasteiger partial charge is 0.508 e. The quantitative estimate of drug-likeness (QED) is 0.378. The van der Waals surface area contributed by atoms with Crippen LogP contribution in [0.1, 0.15) is 29.7 Å². The third-order valence-electron chi connectivity index (χ3n) is 7.00. The van der Waals surface area contributed by atoms with Crippen LogP contribution in [0.4, 0.5) is 4.39 Å². The fourth-order valence-electron chi connectivity index (χ4n) is 4.96. The number of allylic oxidation sites excluding steroid dienone is 1. The summed E-state index contributed by atoms with van der Waals surface area (Å²) in [5, 5.41) is 10.4. The molecule has 9 heteroatoms. The second-order valence-electron chi connectivity index (χ2n) is 9.86. The van der Waals surface area contributed by atoms with Gasteiger partial charge in [0, 0.05) is 48.0 Å². The van der Waals surface area contributed by atoms with Gasteiger partial charge < -0.3 is 14.6 Å². The van der Waals surface area contributed by atoms with Crippen LogP contribution in [0.2, 0.25) is 5.02 Å². The van der Waals surface area contributed by atoms with E-state index in [0.29, 0.717) is 28.7 Å². The number of nitrogens with zero attached hydrogens (tertiary/aromatic N) is 1. The molecule has 0 aliphatic carbocycles. The molecule has 0 amide bonds. The number of hydrogen-bond donors (Lipinski definition) is 1. The number of rotatable bonds is 8. The van der Waals surface area contributed by atoms with Crippen LogP contribution in [0, 0.1) is 5.92 Å². The van der Waals surface area contributed by atoms with Crippen molar-refractivity contribution < 1.29 is 27.4 Å². The number of aromatic hydroxyl groups is 1. The number of sulfone groups is 1. The number of alkyl halides is 1. The van der Waals surface area contributed by atoms with Crippen molar-refractivity contribution in [1.29, 1.82) is 0 Å². The Morgan fingerprint density at radius 3 is 2.53 bits per heavy atom. The van der Waals surface area contributed by atoms with Crippen molar-refractivity contribution in [3.63, 3.8) is 0 Å². The first kappa shape index (κ1) is 26.5. The predicted molar refractivity (Wildman–Crippen MR) is 146 cm³/mol. The lowest BCUT2D eigenvalue weighted by Gasteiger charge is -2.37. The summed E-state index contributed by atoms with van der Waals surface area (Å²) < 4.78 is 49.6. The highest BCUT2D eigenvalue weighted by molar-refractivity contribution is 7.90. The highest BCUT2D eigenvalue weighted by Crippen LogP contribution is 2.48. The summed E-state index contributed by atoms with van der Waals surface area (Å²) in [7, 11) is -3.50. The Hall–Kier alpha value is -3.07. The highest BCUT2D eigenvalue weighted by atomic mass is 35.5. The second-order valence-corrected chi connectivity index (χ2v) is 12.3. The minimum absolute atomic E-state index is 0.104. The fourth-order valence-corrected chi connectivity index (χ4v) is 5.95. The normalized spacial score (nSPS) is 18.1. The van der Waals surface area contributed by atoms with Crippen molar-refractivity contribution >= 4 is 32.6 Å². The Balaban J connectivity index is 1.46. The number of phenolic OH excluding ortho intramolecular Hbond substituents is 1. The van der Waals surface area contributed by atoms with E-state index in [9.17, 15) is 17.9 Å². The molecule has 1 atom stereocenters. The van der Waals surface area contributed by atoms with Gasteiger partial charge in [0.2, 0.25) is 0 Å². The molecule has 5 rings (SSSR count). The lowest BCUT2D eigenvalue weighted by molar-refractivity contribution is 0.0668. The first-order chi connectivity index (χ1) is 18.1. The third kappa shape index (κ3) is 5.53. The molecular weight excluding hydrogens is 529 g/mol. The summed E-state index contributed by atoms with van der Waals surface area (Å²) in [4.78, 5) is 2.28. The summed E-state index contributed by atoms with van der Waals surface area (Å²) in [6, 6.07) is 17.3. The van der Waals surface area contributed by atoms with Crippen LogP contribution in [0.15, 0.2) is 65.6 Å². The summed E-state index contributed by atoms with van der Waals surface area (Å²) >= 11 is 6.36. The molecule has 0 aromatic heterocycles. The molecule has 1 N–H and O–H groups in total. The van der Waals surface area contributed by atoms with Crippen LogP contribution in [-0.2, 0) is 9.84 Å². The van der Waals surface area contributed by atoms with E-state index in [0.717, 1.165) is 48.2 Å². The number of ether oxygens (including phenoxy) is 2. The van der Waals surface area contributed by atoms with E-state index < -0.39 is 15.9 Å². The van der Waals surface area contributed by atoms with Crippen molar-refractivity contribution in [1.82, 2.24) is 4.90 Å². The number of fused-ring (bicyclic) bond motifs is 1. The number of hydrogen-bond acceptors (Lipinski definition) is 6. The van der Waals surface area contributed by atoms with Crippen LogP contribution >= 0.6 is 11.6 Å². The summed E-state index contributed by atoms with van der Waals surface area (Å²) in [6.45, 7) is 4.46. The van der Waals surface area contributed by atoms with Crippen molar-refractivity contribution in [2.75, 3.05) is 39.2 Å². The number of halogens is 2. The topological polar surface area (TPSA) is 76.1 Å². The van der Waals surface area contributed by atoms with Gasteiger partial charge in [0.15, 0.2) is 9.84 Å². The maximum atomic E-state index is 12.6. The number of phenols is 1. The van der Waals surface area contributed by atoms with Crippen LogP contribution in [-0.4, -0.2) is 57.6 Å². The Kier molecular flexibility index (Phi) is 7.40. The maximum Gasteiger partial charge on any atom is 0.175 e. The van der Waals surface area contributed by atoms with E-state index in [1.807, 2.05) is 31.2 Å². The smallest absolute Gasteiger partial charge is 0.175 e. The van der Waals surface area contributed by atoms with Gasteiger partial charge in [-0.05, 0) is 72.2 Å². The van der Waals surface area contributed by atoms with Crippen LogP contribution in [0.5, 0.6) is 17.2 Å². The summed E-state index contributed by atoms with van der Waals surface area (Å²) in [5.41, 5.74) is 3.79. The Morgan fingerprint density at radius 1 is 1.11 bits per heavy atom. The van der Waals surface area contributed by atoms with E-state index in [-0.39, 0.29) is 23.2 Å². The van der Waals surface area contributed by atoms with Gasteiger partial charge in [-0.15, -0.1) is 0 Å². The van der Waals surface area contributed by atoms with Gasteiger partial charge in [-0.3, -0.25) is 9.29 Å². The lowest BCUT2D eigenvalue weighted by atomic mass is 9.86. The summed E-state index contributed by atoms with van der Waals surface area (Å²) in [6.07, 6.45) is 0.595. The molecule has 0 bridgehead atoms. The first-order valence-corrected chi connectivity index (χ1v) is 14.6. The van der Waals surface area contributed by atoms with Gasteiger partial charge in [0.05, 0.1) is 11.6 Å². The molecule has 200 valence electrons. The molecule has 6 nitrogen and oxygen atoms in total. The highest BCUT2D eigenvalue weighted by Gasteiger charge is 2.31. The Labute approximate surface area is 227 Å². The first-order valence-electron chi connectivity index (χ1n) is 12.4. The van der Waals surface area contributed by atoms with Gasteiger partial charge in [-0.1, -0.05) is 23.7 Å². The molecule has 0 unspecified atom stereocenters. The number of benzene rings is 3. The van der Waals surface area contributed by atoms with E-state index >= 15 is 0 Å². The van der Waals surface area contributed by atoms with Crippen molar-refractivity contribution in [3.05, 3.63) is 82.4 Å². The van der Waals surface area contributed by atoms with Crippen LogP contribution in [0.3, 0.4) is 0 Å². The van der Waals surface area contributed by atoms with Gasteiger partial charge in [-0.2, -0.15) is 0 Å². The van der Waals surface area contributed by atoms with Crippen LogP contribution in [0.25, 0.3) is 11.1 Å². The van der Waals surface area contributed by atoms with Gasteiger partial charge in [0.25, 0.3) is 0 Å². The van der Waals surface area contributed by atoms with Crippen LogP contribution < -0.4 is 9.47 Å². The van der Waals surface area contributed by atoms with Gasteiger partial charge in [0.1, 0.15) is 30.0 Å². The molecule has 1 fully saturated rings. The fraction of sp³-hybridized carbons (Fsp3) is 0.310. The number of likely N-dealkylation sites (tertiary alicyclic amines) is 1. The minimum atomic E-state index is -3.50. The average Bonchev–Trinajstić information content (AvgIpc) is 2.85. The molecule has 0 spiro atoms. The standard InChI is InChI=1S/C29H29ClFNO5S/c1-18-26-14-23(33)5-8-27(26)37-29(28(18)21-11-22(30)13-25(12-21)38(2,34)35)20-3-6-24(7-4-20)36-10-9-32-16-19(15-31)17-32/h3-8,11-14,19,29,33H,9-10,15-17H2,1-2H3/t29-/m1/s1. The monoisotopic (exact) mass is 557 g/mol. The third-order valence-corrected chi connectivity index (χ3v) is 8.31. The van der Waals surface area contributed by atoms with Crippen molar-refractivity contribution in [3.8, 4) is 17.2 Å². The molecule has 1 saturated heterocycles. The maximum absolute atomic E-state index is 12.6. The zero-order valence-electron chi connectivity index (χ0n) is 21.2. The van der Waals surface area contributed by atoms with E-state index in [2.05, 4.69) is 4.90 Å². The molecule has 0 saturated carbocycles. The zero-order chi connectivity index (χ0) is 27.0. The minimum Gasteiger partial charge on any atom is -0.508 e. The molecular formula is C29H29ClFNO5S. The molecule has 3 aromatic carbocycles. The van der Waals surface area contributed by atoms with E-state index in [1.54, 1.807) is 30.3 Å². The molecule has 2 heterocycles. The second kappa shape index (κ2) is 10.6. The van der Waals surface area contributed by atoms with E-state index in [4.69, 9.17) is 21.1 Å². The summed E-state index contributed by atoms with van der Waals surface area (Å²) in [5.74, 6) is 1.58. The van der Waals surface area contributed by atoms with Gasteiger partial charge >= 0.3 is 0 Å². The van der Waals surface area contributed by atoms with Gasteiger partial charge in [-0.25, -0.2) is 8.42 Å². The zero-order valence-corrected chi connectivity index (χ0v) is 22.7. The Morgan fingerprint density at radius 2 is 1.84 bits per heavy atom. The predicted octanol–water partition coefficient (Wildman–Crippen LogP) is 5.79. The Bertz CT molecular complexity index is 1480. The van der Waals surface area contributed by atoms with Crippen molar-refractivity contribution in [2.24, 2.45) is 5.92 Å². The molecule has 2 aliphatic heterocycles. The molecule has 3 aromatic rings. The van der Waals surface area contributed by atoms with Crippen molar-refractivity contribution in [2.45, 2.75) is 17.9 Å². The molecule has 2 aliphatic rings.